The number of halogens is 1. The van der Waals surface area contributed by atoms with Crippen molar-refractivity contribution < 1.29 is 18.7 Å². The van der Waals surface area contributed by atoms with Gasteiger partial charge in [0.2, 0.25) is 16.9 Å². The molecule has 7 nitrogen and oxygen atoms in total. The Balaban J connectivity index is 1.25. The standard InChI is InChI=1S/C22H21FN4O3S/c23-16-8-10-17(11-9-16)27-14-15(13-20(27)29)21-25-26-22(31-21)24-19(28)7-4-12-30-18-5-2-1-3-6-18/h1-3,5-6,8-11,15H,4,7,12-14H2,(H,24,26,28). The van der Waals surface area contributed by atoms with E-state index in [2.05, 4.69) is 15.5 Å². The number of aromatic nitrogens is 2. The van der Waals surface area contributed by atoms with Crippen molar-refractivity contribution in [3.63, 3.8) is 0 Å². The van der Waals surface area contributed by atoms with Gasteiger partial charge in [-0.15, -0.1) is 10.2 Å². The van der Waals surface area contributed by atoms with Crippen molar-refractivity contribution in [3.05, 3.63) is 65.4 Å². The molecule has 1 aliphatic heterocycles. The van der Waals surface area contributed by atoms with Gasteiger partial charge in [0.25, 0.3) is 0 Å². The monoisotopic (exact) mass is 440 g/mol. The van der Waals surface area contributed by atoms with Crippen LogP contribution in [-0.4, -0.2) is 35.2 Å². The first-order valence-electron chi connectivity index (χ1n) is 9.95. The Bertz CT molecular complexity index is 1040. The molecule has 2 heterocycles. The Hall–Kier alpha value is -3.33. The Labute approximate surface area is 182 Å². The van der Waals surface area contributed by atoms with Crippen LogP contribution in [0.15, 0.2) is 54.6 Å². The molecule has 0 spiro atoms. The molecule has 1 saturated heterocycles. The fourth-order valence-electron chi connectivity index (χ4n) is 3.31. The van der Waals surface area contributed by atoms with E-state index < -0.39 is 0 Å². The third kappa shape index (κ3) is 5.43. The van der Waals surface area contributed by atoms with E-state index in [1.54, 1.807) is 17.0 Å². The molecule has 4 rings (SSSR count). The number of para-hydroxylation sites is 1. The largest absolute Gasteiger partial charge is 0.494 e. The van der Waals surface area contributed by atoms with Crippen molar-refractivity contribution in [1.29, 1.82) is 0 Å². The number of nitrogens with one attached hydrogen (secondary N) is 1. The van der Waals surface area contributed by atoms with Crippen LogP contribution < -0.4 is 15.0 Å². The molecular weight excluding hydrogens is 419 g/mol. The predicted molar refractivity (Wildman–Crippen MR) is 116 cm³/mol. The maximum atomic E-state index is 13.1. The number of amides is 2. The van der Waals surface area contributed by atoms with Gasteiger partial charge < -0.3 is 15.0 Å². The van der Waals surface area contributed by atoms with Gasteiger partial charge in [0, 0.05) is 31.0 Å². The summed E-state index contributed by atoms with van der Waals surface area (Å²) in [5, 5.41) is 12.1. The summed E-state index contributed by atoms with van der Waals surface area (Å²) in [6, 6.07) is 15.3. The number of carbonyl (C=O) groups excluding carboxylic acids is 2. The van der Waals surface area contributed by atoms with Gasteiger partial charge in [-0.1, -0.05) is 29.5 Å². The molecule has 0 aliphatic carbocycles. The molecule has 0 saturated carbocycles. The minimum absolute atomic E-state index is 0.0455. The van der Waals surface area contributed by atoms with Gasteiger partial charge >= 0.3 is 0 Å². The summed E-state index contributed by atoms with van der Waals surface area (Å²) in [5.74, 6) is 0.117. The fraction of sp³-hybridized carbons (Fsp3) is 0.273. The van der Waals surface area contributed by atoms with Crippen molar-refractivity contribution in [2.24, 2.45) is 0 Å². The smallest absolute Gasteiger partial charge is 0.227 e. The summed E-state index contributed by atoms with van der Waals surface area (Å²) < 4.78 is 18.7. The van der Waals surface area contributed by atoms with E-state index in [1.165, 1.54) is 23.5 Å². The average molecular weight is 441 g/mol. The summed E-state index contributed by atoms with van der Waals surface area (Å²) in [7, 11) is 0. The number of carbonyl (C=O) groups is 2. The maximum Gasteiger partial charge on any atom is 0.227 e. The van der Waals surface area contributed by atoms with Gasteiger partial charge in [0.05, 0.1) is 6.61 Å². The highest BCUT2D eigenvalue weighted by Crippen LogP contribution is 2.34. The summed E-state index contributed by atoms with van der Waals surface area (Å²) in [5.41, 5.74) is 0.657. The number of benzene rings is 2. The molecule has 2 amide bonds. The van der Waals surface area contributed by atoms with Gasteiger partial charge in [-0.25, -0.2) is 4.39 Å². The topological polar surface area (TPSA) is 84.4 Å². The molecule has 2 aromatic carbocycles. The van der Waals surface area contributed by atoms with Crippen molar-refractivity contribution in [3.8, 4) is 5.75 Å². The minimum atomic E-state index is -0.344. The molecular formula is C22H21FN4O3S. The van der Waals surface area contributed by atoms with Gasteiger partial charge in [-0.2, -0.15) is 0 Å². The molecule has 1 atom stereocenters. The summed E-state index contributed by atoms with van der Waals surface area (Å²) in [6.07, 6.45) is 1.19. The first-order valence-corrected chi connectivity index (χ1v) is 10.8. The molecule has 1 unspecified atom stereocenters. The summed E-state index contributed by atoms with van der Waals surface area (Å²) in [6.45, 7) is 0.895. The molecule has 0 radical (unpaired) electrons. The third-order valence-electron chi connectivity index (χ3n) is 4.86. The predicted octanol–water partition coefficient (Wildman–Crippen LogP) is 4.00. The van der Waals surface area contributed by atoms with E-state index in [0.717, 1.165) is 5.75 Å². The molecule has 1 aliphatic rings. The van der Waals surface area contributed by atoms with Gasteiger partial charge in [-0.3, -0.25) is 9.59 Å². The van der Waals surface area contributed by atoms with Crippen molar-refractivity contribution in [2.75, 3.05) is 23.4 Å². The Morgan fingerprint density at radius 3 is 2.71 bits per heavy atom. The summed E-state index contributed by atoms with van der Waals surface area (Å²) in [4.78, 5) is 26.2. The van der Waals surface area contributed by atoms with Crippen LogP contribution in [0.4, 0.5) is 15.2 Å². The SMILES string of the molecule is O=C(CCCOc1ccccc1)Nc1nnc(C2CC(=O)N(c3ccc(F)cc3)C2)s1. The lowest BCUT2D eigenvalue weighted by atomic mass is 10.1. The molecule has 1 fully saturated rings. The van der Waals surface area contributed by atoms with Crippen LogP contribution in [-0.2, 0) is 9.59 Å². The first-order chi connectivity index (χ1) is 15.1. The highest BCUT2D eigenvalue weighted by atomic mass is 32.1. The van der Waals surface area contributed by atoms with Crippen LogP contribution in [0.25, 0.3) is 0 Å². The first kappa shape index (κ1) is 20.9. The van der Waals surface area contributed by atoms with Crippen molar-refractivity contribution in [2.45, 2.75) is 25.2 Å². The molecule has 31 heavy (non-hydrogen) atoms. The van der Waals surface area contributed by atoms with Crippen molar-refractivity contribution >= 4 is 34.0 Å². The minimum Gasteiger partial charge on any atom is -0.494 e. The zero-order valence-corrected chi connectivity index (χ0v) is 17.5. The second kappa shape index (κ2) is 9.65. The highest BCUT2D eigenvalue weighted by molar-refractivity contribution is 7.15. The van der Waals surface area contributed by atoms with Gasteiger partial charge in [0.15, 0.2) is 0 Å². The van der Waals surface area contributed by atoms with E-state index in [4.69, 9.17) is 4.74 Å². The Morgan fingerprint density at radius 1 is 1.16 bits per heavy atom. The second-order valence-corrected chi connectivity index (χ2v) is 8.15. The second-order valence-electron chi connectivity index (χ2n) is 7.14. The highest BCUT2D eigenvalue weighted by Gasteiger charge is 2.34. The number of nitrogens with zero attached hydrogens (tertiary/aromatic N) is 3. The lowest BCUT2D eigenvalue weighted by Gasteiger charge is -2.16. The molecule has 160 valence electrons. The van der Waals surface area contributed by atoms with Crippen LogP contribution in [0.5, 0.6) is 5.75 Å². The van der Waals surface area contributed by atoms with Crippen molar-refractivity contribution in [1.82, 2.24) is 10.2 Å². The number of ether oxygens (including phenoxy) is 1. The lowest BCUT2D eigenvalue weighted by molar-refractivity contribution is -0.117. The number of hydrogen-bond acceptors (Lipinski definition) is 6. The van der Waals surface area contributed by atoms with Crippen LogP contribution >= 0.6 is 11.3 Å². The third-order valence-corrected chi connectivity index (χ3v) is 5.86. The zero-order chi connectivity index (χ0) is 21.6. The Kier molecular flexibility index (Phi) is 6.51. The Morgan fingerprint density at radius 2 is 1.94 bits per heavy atom. The van der Waals surface area contributed by atoms with E-state index in [1.807, 2.05) is 30.3 Å². The molecule has 1 N–H and O–H groups in total. The zero-order valence-electron chi connectivity index (χ0n) is 16.7. The maximum absolute atomic E-state index is 13.1. The van der Waals surface area contributed by atoms with Crippen LogP contribution in [0.2, 0.25) is 0 Å². The van der Waals surface area contributed by atoms with E-state index in [0.29, 0.717) is 48.2 Å². The van der Waals surface area contributed by atoms with E-state index in [-0.39, 0.29) is 23.5 Å². The lowest BCUT2D eigenvalue weighted by Crippen LogP contribution is -2.24. The van der Waals surface area contributed by atoms with Gasteiger partial charge in [0.1, 0.15) is 16.6 Å². The quantitative estimate of drug-likeness (QED) is 0.536. The normalized spacial score (nSPS) is 15.8. The summed E-state index contributed by atoms with van der Waals surface area (Å²) >= 11 is 1.27. The van der Waals surface area contributed by atoms with E-state index in [9.17, 15) is 14.0 Å². The van der Waals surface area contributed by atoms with Crippen LogP contribution in [0, 0.1) is 5.82 Å². The van der Waals surface area contributed by atoms with Crippen LogP contribution in [0.3, 0.4) is 0 Å². The molecule has 0 bridgehead atoms. The number of anilines is 2. The van der Waals surface area contributed by atoms with E-state index >= 15 is 0 Å². The molecule has 3 aromatic rings. The van der Waals surface area contributed by atoms with Gasteiger partial charge in [-0.05, 0) is 42.8 Å². The number of hydrogen-bond donors (Lipinski definition) is 1. The number of rotatable bonds is 8. The average Bonchev–Trinajstić information content (AvgIpc) is 3.39. The molecule has 1 aromatic heterocycles. The van der Waals surface area contributed by atoms with Crippen LogP contribution in [0.1, 0.15) is 30.2 Å². The molecule has 9 heteroatoms. The fourth-order valence-corrected chi connectivity index (χ4v) is 4.17.